The zero-order valence-corrected chi connectivity index (χ0v) is 17.5. The molecule has 0 radical (unpaired) electrons. The van der Waals surface area contributed by atoms with Crippen LogP contribution in [-0.4, -0.2) is 51.0 Å². The number of hydrogen-bond donors (Lipinski definition) is 0. The number of ether oxygens (including phenoxy) is 1. The van der Waals surface area contributed by atoms with Crippen molar-refractivity contribution in [2.45, 2.75) is 11.8 Å². The van der Waals surface area contributed by atoms with E-state index >= 15 is 0 Å². The first-order chi connectivity index (χ1) is 14.4. The van der Waals surface area contributed by atoms with Gasteiger partial charge in [0, 0.05) is 38.7 Å². The van der Waals surface area contributed by atoms with Gasteiger partial charge in [-0.15, -0.1) is 0 Å². The minimum Gasteiger partial charge on any atom is -0.495 e. The molecule has 158 valence electrons. The van der Waals surface area contributed by atoms with Crippen LogP contribution in [0.1, 0.15) is 5.89 Å². The number of halogens is 1. The Kier molecular flexibility index (Phi) is 5.48. The summed E-state index contributed by atoms with van der Waals surface area (Å²) in [6, 6.07) is 11.4. The molecule has 1 aromatic heterocycles. The van der Waals surface area contributed by atoms with Crippen LogP contribution in [-0.2, 0) is 10.0 Å². The van der Waals surface area contributed by atoms with Crippen LogP contribution in [0, 0.1) is 12.7 Å². The van der Waals surface area contributed by atoms with E-state index in [0.717, 1.165) is 0 Å². The quantitative estimate of drug-likeness (QED) is 0.617. The molecule has 9 heteroatoms. The molecule has 4 rings (SSSR count). The summed E-state index contributed by atoms with van der Waals surface area (Å²) in [7, 11) is -2.39. The average Bonchev–Trinajstić information content (AvgIpc) is 3.20. The minimum atomic E-state index is -3.82. The number of methoxy groups -OCH3 is 1. The second kappa shape index (κ2) is 8.08. The molecule has 2 heterocycles. The Morgan fingerprint density at radius 2 is 1.83 bits per heavy atom. The first-order valence-corrected chi connectivity index (χ1v) is 10.9. The smallest absolute Gasteiger partial charge is 0.246 e. The lowest BCUT2D eigenvalue weighted by molar-refractivity contribution is 0.373. The number of sulfonamides is 1. The normalized spacial score (nSPS) is 15.4. The second-order valence-electron chi connectivity index (χ2n) is 6.95. The van der Waals surface area contributed by atoms with Gasteiger partial charge in [0.25, 0.3) is 0 Å². The van der Waals surface area contributed by atoms with Crippen molar-refractivity contribution in [3.63, 3.8) is 0 Å². The largest absolute Gasteiger partial charge is 0.495 e. The van der Waals surface area contributed by atoms with Crippen molar-refractivity contribution in [2.75, 3.05) is 38.2 Å². The monoisotopic (exact) mass is 431 g/mol. The van der Waals surface area contributed by atoms with Gasteiger partial charge in [0.2, 0.25) is 10.0 Å². The van der Waals surface area contributed by atoms with Gasteiger partial charge in [-0.3, -0.25) is 0 Å². The van der Waals surface area contributed by atoms with E-state index in [0.29, 0.717) is 36.0 Å². The van der Waals surface area contributed by atoms with E-state index in [1.54, 1.807) is 43.5 Å². The van der Waals surface area contributed by atoms with E-state index in [4.69, 9.17) is 9.15 Å². The standard InChI is InChI=1S/C21H22FN3O4S/c1-15-23-14-20(29-15)16-7-8-19(28-2)21(13-16)30(26,27)25-11-9-24(10-12-25)18-6-4-3-5-17(18)22/h3-8,13-14H,9-12H2,1-2H3. The van der Waals surface area contributed by atoms with Gasteiger partial charge in [0.15, 0.2) is 11.7 Å². The number of para-hydroxylation sites is 1. The molecule has 0 spiro atoms. The number of nitrogens with zero attached hydrogens (tertiary/aromatic N) is 3. The summed E-state index contributed by atoms with van der Waals surface area (Å²) in [5, 5.41) is 0. The first-order valence-electron chi connectivity index (χ1n) is 9.50. The van der Waals surface area contributed by atoms with Gasteiger partial charge in [-0.05, 0) is 30.3 Å². The summed E-state index contributed by atoms with van der Waals surface area (Å²) in [6.45, 7) is 2.99. The number of hydrogen-bond acceptors (Lipinski definition) is 6. The summed E-state index contributed by atoms with van der Waals surface area (Å²) < 4.78 is 53.1. The summed E-state index contributed by atoms with van der Waals surface area (Å²) in [4.78, 5) is 5.99. The van der Waals surface area contributed by atoms with Gasteiger partial charge >= 0.3 is 0 Å². The van der Waals surface area contributed by atoms with Crippen molar-refractivity contribution in [3.05, 3.63) is 60.4 Å². The van der Waals surface area contributed by atoms with Gasteiger partial charge in [-0.25, -0.2) is 17.8 Å². The van der Waals surface area contributed by atoms with Crippen molar-refractivity contribution >= 4 is 15.7 Å². The van der Waals surface area contributed by atoms with Crippen LogP contribution in [0.4, 0.5) is 10.1 Å². The molecule has 1 saturated heterocycles. The van der Waals surface area contributed by atoms with Gasteiger partial charge in [0.05, 0.1) is 19.0 Å². The predicted molar refractivity (Wildman–Crippen MR) is 111 cm³/mol. The highest BCUT2D eigenvalue weighted by atomic mass is 32.2. The SMILES string of the molecule is COc1ccc(-c2cnc(C)o2)cc1S(=O)(=O)N1CCN(c2ccccc2F)CC1. The third-order valence-corrected chi connectivity index (χ3v) is 7.04. The number of anilines is 1. The van der Waals surface area contributed by atoms with Gasteiger partial charge in [0.1, 0.15) is 16.5 Å². The van der Waals surface area contributed by atoms with Crippen molar-refractivity contribution in [2.24, 2.45) is 0 Å². The predicted octanol–water partition coefficient (Wildman–Crippen LogP) is 3.31. The molecule has 30 heavy (non-hydrogen) atoms. The molecule has 0 atom stereocenters. The van der Waals surface area contributed by atoms with E-state index in [-0.39, 0.29) is 29.6 Å². The molecule has 0 bridgehead atoms. The molecule has 3 aromatic rings. The topological polar surface area (TPSA) is 75.9 Å². The lowest BCUT2D eigenvalue weighted by Gasteiger charge is -2.35. The summed E-state index contributed by atoms with van der Waals surface area (Å²) >= 11 is 0. The lowest BCUT2D eigenvalue weighted by atomic mass is 10.2. The fourth-order valence-electron chi connectivity index (χ4n) is 3.54. The van der Waals surface area contributed by atoms with E-state index in [1.807, 2.05) is 4.90 Å². The average molecular weight is 431 g/mol. The van der Waals surface area contributed by atoms with Gasteiger partial charge in [-0.2, -0.15) is 4.31 Å². The minimum absolute atomic E-state index is 0.0656. The number of aryl methyl sites for hydroxylation is 1. The zero-order valence-electron chi connectivity index (χ0n) is 16.7. The molecule has 0 N–H and O–H groups in total. The fraction of sp³-hybridized carbons (Fsp3) is 0.286. The molecule has 7 nitrogen and oxygen atoms in total. The Hall–Kier alpha value is -2.91. The number of piperazine rings is 1. The Bertz CT molecular complexity index is 1150. The number of rotatable bonds is 5. The van der Waals surface area contributed by atoms with Crippen molar-refractivity contribution in [1.29, 1.82) is 0 Å². The third kappa shape index (κ3) is 3.78. The molecule has 1 fully saturated rings. The van der Waals surface area contributed by atoms with Gasteiger partial charge < -0.3 is 14.1 Å². The van der Waals surface area contributed by atoms with Crippen LogP contribution in [0.2, 0.25) is 0 Å². The lowest BCUT2D eigenvalue weighted by Crippen LogP contribution is -2.49. The highest BCUT2D eigenvalue weighted by molar-refractivity contribution is 7.89. The van der Waals surface area contributed by atoms with Crippen LogP contribution in [0.25, 0.3) is 11.3 Å². The third-order valence-electron chi connectivity index (χ3n) is 5.12. The number of aromatic nitrogens is 1. The maximum Gasteiger partial charge on any atom is 0.246 e. The van der Waals surface area contributed by atoms with Crippen LogP contribution in [0.3, 0.4) is 0 Å². The van der Waals surface area contributed by atoms with Crippen LogP contribution >= 0.6 is 0 Å². The fourth-order valence-corrected chi connectivity index (χ4v) is 5.15. The molecule has 1 aliphatic heterocycles. The molecule has 1 aliphatic rings. The summed E-state index contributed by atoms with van der Waals surface area (Å²) in [6.07, 6.45) is 1.56. The highest BCUT2D eigenvalue weighted by Crippen LogP contribution is 2.33. The Labute approximate surface area is 174 Å². The van der Waals surface area contributed by atoms with Crippen molar-refractivity contribution in [3.8, 4) is 17.1 Å². The molecule has 0 aliphatic carbocycles. The first kappa shape index (κ1) is 20.4. The number of oxazole rings is 1. The van der Waals surface area contributed by atoms with E-state index in [2.05, 4.69) is 4.98 Å². The summed E-state index contributed by atoms with van der Waals surface area (Å²) in [5.41, 5.74) is 1.08. The Morgan fingerprint density at radius 1 is 1.10 bits per heavy atom. The maximum absolute atomic E-state index is 14.1. The molecule has 0 unspecified atom stereocenters. The highest BCUT2D eigenvalue weighted by Gasteiger charge is 2.32. The Morgan fingerprint density at radius 3 is 2.47 bits per heavy atom. The second-order valence-corrected chi connectivity index (χ2v) is 8.86. The molecule has 0 saturated carbocycles. The molecular formula is C21H22FN3O4S. The van der Waals surface area contributed by atoms with Crippen molar-refractivity contribution < 1.29 is 22.0 Å². The zero-order chi connectivity index (χ0) is 21.3. The molecule has 0 amide bonds. The summed E-state index contributed by atoms with van der Waals surface area (Å²) in [5.74, 6) is 0.919. The Balaban J connectivity index is 1.60. The molecular weight excluding hydrogens is 409 g/mol. The maximum atomic E-state index is 14.1. The van der Waals surface area contributed by atoms with E-state index in [1.165, 1.54) is 23.5 Å². The van der Waals surface area contributed by atoms with Gasteiger partial charge in [-0.1, -0.05) is 12.1 Å². The van der Waals surface area contributed by atoms with E-state index < -0.39 is 10.0 Å². The van der Waals surface area contributed by atoms with Crippen LogP contribution in [0.15, 0.2) is 58.0 Å². The van der Waals surface area contributed by atoms with Crippen molar-refractivity contribution in [1.82, 2.24) is 9.29 Å². The van der Waals surface area contributed by atoms with Crippen LogP contribution < -0.4 is 9.64 Å². The van der Waals surface area contributed by atoms with Crippen LogP contribution in [0.5, 0.6) is 5.75 Å². The molecule has 2 aromatic carbocycles. The number of benzene rings is 2. The van der Waals surface area contributed by atoms with E-state index in [9.17, 15) is 12.8 Å².